The van der Waals surface area contributed by atoms with Gasteiger partial charge in [-0.2, -0.15) is 20.3 Å². The summed E-state index contributed by atoms with van der Waals surface area (Å²) >= 11 is 0. The maximum atomic E-state index is 8.95. The lowest BCUT2D eigenvalue weighted by Gasteiger charge is -2.39. The van der Waals surface area contributed by atoms with Crippen molar-refractivity contribution >= 4 is 28.6 Å². The predicted octanol–water partition coefficient (Wildman–Crippen LogP) is 3.36. The van der Waals surface area contributed by atoms with Crippen molar-refractivity contribution in [3.05, 3.63) is 23.5 Å². The number of aryl methyl sites for hydroxylation is 2. The fourth-order valence-electron chi connectivity index (χ4n) is 5.03. The number of nitrogens with one attached hydrogen (secondary N) is 4. The smallest absolute Gasteiger partial charge is 0.232 e. The Labute approximate surface area is 175 Å². The molecule has 2 bridgehead atoms. The number of fused-ring (bicyclic) bond motifs is 3. The first kappa shape index (κ1) is 18.9. The number of aromatic amines is 2. The maximum absolute atomic E-state index is 8.95. The molecule has 4 N–H and O–H groups in total. The average Bonchev–Trinajstić information content (AvgIpc) is 3.35. The van der Waals surface area contributed by atoms with E-state index in [2.05, 4.69) is 47.8 Å². The van der Waals surface area contributed by atoms with E-state index < -0.39 is 0 Å². The van der Waals surface area contributed by atoms with E-state index >= 15 is 0 Å². The van der Waals surface area contributed by atoms with Gasteiger partial charge in [0.05, 0.1) is 11.5 Å². The molecule has 0 aliphatic carbocycles. The summed E-state index contributed by atoms with van der Waals surface area (Å²) in [5.74, 6) is 2.08. The van der Waals surface area contributed by atoms with Gasteiger partial charge in [0.1, 0.15) is 11.5 Å². The summed E-state index contributed by atoms with van der Waals surface area (Å²) in [6, 6.07) is 7.80. The Morgan fingerprint density at radius 1 is 1.17 bits per heavy atom. The van der Waals surface area contributed by atoms with Crippen LogP contribution in [0.3, 0.4) is 0 Å². The van der Waals surface area contributed by atoms with Crippen LogP contribution in [0, 0.1) is 25.2 Å². The van der Waals surface area contributed by atoms with Crippen molar-refractivity contribution in [3.63, 3.8) is 0 Å². The highest BCUT2D eigenvalue weighted by molar-refractivity contribution is 5.89. The minimum absolute atomic E-state index is 0.370. The third-order valence-electron chi connectivity index (χ3n) is 6.27. The van der Waals surface area contributed by atoms with E-state index in [9.17, 15) is 0 Å². The lowest BCUT2D eigenvalue weighted by Crippen LogP contribution is -2.47. The van der Waals surface area contributed by atoms with Crippen LogP contribution in [0.5, 0.6) is 0 Å². The van der Waals surface area contributed by atoms with Crippen LogP contribution in [0.15, 0.2) is 12.1 Å². The summed E-state index contributed by atoms with van der Waals surface area (Å²) < 4.78 is 0. The normalized spacial score (nSPS) is 23.6. The molecule has 30 heavy (non-hydrogen) atoms. The van der Waals surface area contributed by atoms with E-state index in [0.717, 1.165) is 47.6 Å². The molecule has 1 unspecified atom stereocenters. The topological polar surface area (TPSA) is 121 Å². The van der Waals surface area contributed by atoms with Crippen molar-refractivity contribution in [3.8, 4) is 6.07 Å². The van der Waals surface area contributed by atoms with E-state index in [0.29, 0.717) is 36.3 Å². The monoisotopic (exact) mass is 405 g/mol. The SMILES string of the molecule is Cc1cc(Nc2nc(N[C@@H]3CC4CC[C@@H](C3)N4CCC#N)c3cc(C)[nH]c3n2)n[nH]1. The number of rotatable bonds is 6. The zero-order valence-electron chi connectivity index (χ0n) is 17.4. The highest BCUT2D eigenvalue weighted by atomic mass is 15.3. The summed E-state index contributed by atoms with van der Waals surface area (Å²) in [6.07, 6.45) is 5.22. The Morgan fingerprint density at radius 2 is 1.97 bits per heavy atom. The van der Waals surface area contributed by atoms with Crippen molar-refractivity contribution in [2.24, 2.45) is 0 Å². The zero-order chi connectivity index (χ0) is 20.7. The van der Waals surface area contributed by atoms with Crippen molar-refractivity contribution in [2.45, 2.75) is 64.1 Å². The third kappa shape index (κ3) is 3.59. The summed E-state index contributed by atoms with van der Waals surface area (Å²) in [4.78, 5) is 15.3. The van der Waals surface area contributed by atoms with Crippen molar-refractivity contribution in [2.75, 3.05) is 17.2 Å². The molecule has 0 radical (unpaired) electrons. The van der Waals surface area contributed by atoms with Gasteiger partial charge in [0, 0.05) is 48.5 Å². The number of piperidine rings is 1. The second kappa shape index (κ2) is 7.61. The van der Waals surface area contributed by atoms with Gasteiger partial charge in [-0.1, -0.05) is 0 Å². The van der Waals surface area contributed by atoms with Crippen LogP contribution in [0.2, 0.25) is 0 Å². The van der Waals surface area contributed by atoms with Crippen LogP contribution in [0.1, 0.15) is 43.5 Å². The van der Waals surface area contributed by atoms with Crippen LogP contribution in [0.25, 0.3) is 11.0 Å². The molecule has 3 aromatic rings. The van der Waals surface area contributed by atoms with Crippen molar-refractivity contribution < 1.29 is 0 Å². The average molecular weight is 406 g/mol. The molecule has 5 rings (SSSR count). The predicted molar refractivity (Wildman–Crippen MR) is 116 cm³/mol. The number of hydrogen-bond acceptors (Lipinski definition) is 7. The maximum Gasteiger partial charge on any atom is 0.232 e. The van der Waals surface area contributed by atoms with Crippen LogP contribution in [-0.2, 0) is 0 Å². The summed E-state index contributed by atoms with van der Waals surface area (Å²) in [5, 5.41) is 24.0. The number of hydrogen-bond donors (Lipinski definition) is 4. The van der Waals surface area contributed by atoms with E-state index in [1.165, 1.54) is 12.8 Å². The Balaban J connectivity index is 1.38. The fourth-order valence-corrected chi connectivity index (χ4v) is 5.03. The van der Waals surface area contributed by atoms with E-state index in [1.54, 1.807) is 0 Å². The standard InChI is InChI=1S/C21H27N9/c1-12-8-17-19(23-12)26-21(25-18-9-13(2)28-29-18)27-20(17)24-14-10-15-4-5-16(11-14)30(15)7-3-6-22/h8-9,14-16H,3-5,7,10-11H2,1-2H3,(H4,23,24,25,26,27,28,29)/t14-,15-,16?/m0/s1. The lowest BCUT2D eigenvalue weighted by atomic mass is 9.97. The minimum atomic E-state index is 0.370. The summed E-state index contributed by atoms with van der Waals surface area (Å²) in [7, 11) is 0. The van der Waals surface area contributed by atoms with Gasteiger partial charge in [-0.05, 0) is 45.6 Å². The zero-order valence-corrected chi connectivity index (χ0v) is 17.4. The Kier molecular flexibility index (Phi) is 4.79. The van der Waals surface area contributed by atoms with E-state index in [4.69, 9.17) is 10.2 Å². The number of nitriles is 1. The molecular weight excluding hydrogens is 378 g/mol. The minimum Gasteiger partial charge on any atom is -0.366 e. The van der Waals surface area contributed by atoms with Crippen LogP contribution >= 0.6 is 0 Å². The lowest BCUT2D eigenvalue weighted by molar-refractivity contribution is 0.136. The first-order chi connectivity index (χ1) is 14.6. The molecule has 2 saturated heterocycles. The number of aromatic nitrogens is 5. The second-order valence-corrected chi connectivity index (χ2v) is 8.52. The molecule has 0 saturated carbocycles. The molecule has 9 nitrogen and oxygen atoms in total. The molecule has 3 aromatic heterocycles. The molecule has 2 aliphatic heterocycles. The molecule has 156 valence electrons. The van der Waals surface area contributed by atoms with Gasteiger partial charge in [-0.3, -0.25) is 10.00 Å². The summed E-state index contributed by atoms with van der Waals surface area (Å²) in [5.41, 5.74) is 2.85. The Morgan fingerprint density at radius 3 is 2.67 bits per heavy atom. The van der Waals surface area contributed by atoms with Gasteiger partial charge in [-0.15, -0.1) is 0 Å². The van der Waals surface area contributed by atoms with Crippen LogP contribution in [0.4, 0.5) is 17.6 Å². The molecule has 5 heterocycles. The quantitative estimate of drug-likeness (QED) is 0.496. The fraction of sp³-hybridized carbons (Fsp3) is 0.524. The first-order valence-corrected chi connectivity index (χ1v) is 10.6. The van der Waals surface area contributed by atoms with Gasteiger partial charge in [0.15, 0.2) is 5.82 Å². The van der Waals surface area contributed by atoms with Gasteiger partial charge < -0.3 is 15.6 Å². The first-order valence-electron chi connectivity index (χ1n) is 10.6. The molecular formula is C21H27N9. The number of nitrogens with zero attached hydrogens (tertiary/aromatic N) is 5. The number of anilines is 3. The molecule has 0 spiro atoms. The van der Waals surface area contributed by atoms with Crippen molar-refractivity contribution in [1.82, 2.24) is 30.0 Å². The molecule has 3 atom stereocenters. The molecule has 0 aromatic carbocycles. The second-order valence-electron chi connectivity index (χ2n) is 8.52. The van der Waals surface area contributed by atoms with E-state index in [-0.39, 0.29) is 0 Å². The van der Waals surface area contributed by atoms with Gasteiger partial charge >= 0.3 is 0 Å². The van der Waals surface area contributed by atoms with Crippen LogP contribution in [-0.4, -0.2) is 54.7 Å². The molecule has 2 aliphatic rings. The Bertz CT molecular complexity index is 1080. The highest BCUT2D eigenvalue weighted by Crippen LogP contribution is 2.37. The molecule has 2 fully saturated rings. The highest BCUT2D eigenvalue weighted by Gasteiger charge is 2.40. The van der Waals surface area contributed by atoms with Crippen LogP contribution < -0.4 is 10.6 Å². The number of H-pyrrole nitrogens is 2. The third-order valence-corrected chi connectivity index (χ3v) is 6.27. The largest absolute Gasteiger partial charge is 0.366 e. The van der Waals surface area contributed by atoms with Gasteiger partial charge in [0.2, 0.25) is 5.95 Å². The van der Waals surface area contributed by atoms with Crippen molar-refractivity contribution in [1.29, 1.82) is 5.26 Å². The van der Waals surface area contributed by atoms with Gasteiger partial charge in [0.25, 0.3) is 0 Å². The Hall–Kier alpha value is -3.12. The summed E-state index contributed by atoms with van der Waals surface area (Å²) in [6.45, 7) is 4.88. The van der Waals surface area contributed by atoms with Gasteiger partial charge in [-0.25, -0.2) is 0 Å². The molecule has 9 heteroatoms. The van der Waals surface area contributed by atoms with E-state index in [1.807, 2.05) is 19.9 Å². The molecule has 0 amide bonds.